The van der Waals surface area contributed by atoms with Gasteiger partial charge in [0.25, 0.3) is 5.56 Å². The van der Waals surface area contributed by atoms with Crippen LogP contribution in [0, 0.1) is 5.92 Å². The second kappa shape index (κ2) is 10.6. The van der Waals surface area contributed by atoms with E-state index in [9.17, 15) is 19.2 Å². The molecule has 0 aliphatic carbocycles. The number of aromatic amines is 2. The molecule has 0 aliphatic heterocycles. The molecule has 3 N–H and O–H groups in total. The van der Waals surface area contributed by atoms with Crippen LogP contribution < -0.4 is 22.3 Å². The van der Waals surface area contributed by atoms with E-state index in [2.05, 4.69) is 29.9 Å². The van der Waals surface area contributed by atoms with Gasteiger partial charge in [0, 0.05) is 37.2 Å². The summed E-state index contributed by atoms with van der Waals surface area (Å²) >= 11 is 0. The number of imidazole rings is 1. The van der Waals surface area contributed by atoms with Gasteiger partial charge in [-0.2, -0.15) is 0 Å². The van der Waals surface area contributed by atoms with Crippen LogP contribution in [0.25, 0.3) is 22.6 Å². The minimum atomic E-state index is -0.664. The Morgan fingerprint density at radius 1 is 1.17 bits per heavy atom. The fourth-order valence-electron chi connectivity index (χ4n) is 4.04. The summed E-state index contributed by atoms with van der Waals surface area (Å²) in [7, 11) is 0. The van der Waals surface area contributed by atoms with Crippen molar-refractivity contribution in [3.63, 3.8) is 0 Å². The van der Waals surface area contributed by atoms with Crippen LogP contribution in [0.3, 0.4) is 0 Å². The van der Waals surface area contributed by atoms with Gasteiger partial charge in [-0.15, -0.1) is 0 Å². The smallest absolute Gasteiger partial charge is 0.326 e. The van der Waals surface area contributed by atoms with E-state index in [0.29, 0.717) is 41.3 Å². The van der Waals surface area contributed by atoms with Crippen LogP contribution in [0.15, 0.2) is 43.2 Å². The molecule has 12 heteroatoms. The quantitative estimate of drug-likeness (QED) is 0.304. The summed E-state index contributed by atoms with van der Waals surface area (Å²) in [4.78, 5) is 58.7. The molecule has 0 radical (unpaired) electrons. The Kier molecular flexibility index (Phi) is 7.32. The summed E-state index contributed by atoms with van der Waals surface area (Å²) in [5.74, 6) is 0.141. The summed E-state index contributed by atoms with van der Waals surface area (Å²) in [6, 6.07) is 6.85. The van der Waals surface area contributed by atoms with E-state index < -0.39 is 17.0 Å². The molecule has 0 atom stereocenters. The molecule has 4 rings (SSSR count). The number of nitrogens with one attached hydrogen (secondary N) is 3. The number of anilines is 1. The van der Waals surface area contributed by atoms with E-state index >= 15 is 0 Å². The molecular weight excluding hydrogens is 466 g/mol. The van der Waals surface area contributed by atoms with Crippen LogP contribution in [-0.2, 0) is 24.3 Å². The van der Waals surface area contributed by atoms with Crippen molar-refractivity contribution in [3.8, 4) is 11.4 Å². The summed E-state index contributed by atoms with van der Waals surface area (Å²) < 4.78 is 7.85. The zero-order valence-electron chi connectivity index (χ0n) is 20.5. The monoisotopic (exact) mass is 495 g/mol. The van der Waals surface area contributed by atoms with Crippen molar-refractivity contribution >= 4 is 22.8 Å². The van der Waals surface area contributed by atoms with Crippen molar-refractivity contribution in [3.05, 3.63) is 61.5 Å². The van der Waals surface area contributed by atoms with Gasteiger partial charge in [-0.05, 0) is 24.5 Å². The van der Waals surface area contributed by atoms with E-state index in [1.165, 1.54) is 4.57 Å². The first-order valence-corrected chi connectivity index (χ1v) is 11.9. The van der Waals surface area contributed by atoms with Crippen LogP contribution >= 0.6 is 0 Å². The van der Waals surface area contributed by atoms with Gasteiger partial charge in [0.1, 0.15) is 5.82 Å². The lowest BCUT2D eigenvalue weighted by molar-refractivity contribution is -0.116. The lowest BCUT2D eigenvalue weighted by Gasteiger charge is -2.12. The number of unbranched alkanes of at least 4 members (excludes halogenated alkanes) is 1. The number of carbonyl (C=O) groups is 1. The molecule has 190 valence electrons. The fourth-order valence-corrected chi connectivity index (χ4v) is 4.04. The number of amides is 1. The van der Waals surface area contributed by atoms with Gasteiger partial charge in [0.15, 0.2) is 17.0 Å². The molecule has 0 bridgehead atoms. The van der Waals surface area contributed by atoms with Gasteiger partial charge < -0.3 is 9.88 Å². The lowest BCUT2D eigenvalue weighted by Crippen LogP contribution is -2.31. The van der Waals surface area contributed by atoms with Crippen molar-refractivity contribution in [2.45, 2.75) is 59.5 Å². The number of fused-ring (bicyclic) bond motifs is 1. The molecule has 36 heavy (non-hydrogen) atoms. The van der Waals surface area contributed by atoms with Crippen molar-refractivity contribution in [2.75, 3.05) is 5.32 Å². The number of hydrogen-bond acceptors (Lipinski definition) is 7. The molecule has 1 aromatic carbocycles. The summed E-state index contributed by atoms with van der Waals surface area (Å²) in [6.07, 6.45) is 2.06. The first kappa shape index (κ1) is 24.9. The third-order valence-corrected chi connectivity index (χ3v) is 5.68. The van der Waals surface area contributed by atoms with E-state index in [0.717, 1.165) is 12.8 Å². The molecule has 0 aliphatic rings. The van der Waals surface area contributed by atoms with Crippen LogP contribution in [0.2, 0.25) is 0 Å². The summed E-state index contributed by atoms with van der Waals surface area (Å²) in [5.41, 5.74) is 0.859. The second-order valence-electron chi connectivity index (χ2n) is 9.04. The van der Waals surface area contributed by atoms with Crippen molar-refractivity contribution in [2.24, 2.45) is 5.92 Å². The number of H-pyrrole nitrogens is 2. The molecule has 0 saturated carbocycles. The fraction of sp³-hybridized carbons (Fsp3) is 0.417. The van der Waals surface area contributed by atoms with Crippen molar-refractivity contribution < 1.29 is 9.32 Å². The predicted octanol–water partition coefficient (Wildman–Crippen LogP) is 2.26. The molecule has 3 aromatic heterocycles. The van der Waals surface area contributed by atoms with E-state index in [4.69, 9.17) is 0 Å². The van der Waals surface area contributed by atoms with Gasteiger partial charge >= 0.3 is 11.4 Å². The van der Waals surface area contributed by atoms with Crippen molar-refractivity contribution in [1.29, 1.82) is 0 Å². The zero-order chi connectivity index (χ0) is 25.8. The minimum Gasteiger partial charge on any atom is -0.326 e. The SMILES string of the molecule is CCCCn1c(=O)[nH]c(=O)c2c1nc(CCC(=O)Nc1cccc(-c3noc(=O)[nH]3)c1)n2CC(C)C. The van der Waals surface area contributed by atoms with Crippen LogP contribution in [0.5, 0.6) is 0 Å². The Hall–Kier alpha value is -4.22. The Bertz CT molecular complexity index is 1550. The molecule has 0 unspecified atom stereocenters. The normalized spacial score (nSPS) is 11.4. The predicted molar refractivity (Wildman–Crippen MR) is 134 cm³/mol. The highest BCUT2D eigenvalue weighted by atomic mass is 16.5. The molecule has 12 nitrogen and oxygen atoms in total. The Labute approximate surface area is 205 Å². The Balaban J connectivity index is 1.58. The molecular formula is C24H29N7O5. The molecule has 1 amide bonds. The number of benzene rings is 1. The number of aryl methyl sites for hydroxylation is 2. The summed E-state index contributed by atoms with van der Waals surface area (Å²) in [5, 5.41) is 6.49. The number of rotatable bonds is 10. The van der Waals surface area contributed by atoms with Crippen molar-refractivity contribution in [1.82, 2.24) is 29.2 Å². The molecule has 0 fully saturated rings. The molecule has 3 heterocycles. The Morgan fingerprint density at radius 3 is 2.67 bits per heavy atom. The molecule has 0 spiro atoms. The van der Waals surface area contributed by atoms with Gasteiger partial charge in [-0.1, -0.05) is 44.5 Å². The topological polar surface area (TPSA) is 161 Å². The standard InChI is InChI=1S/C24H29N7O5/c1-4-5-11-30-21-19(22(33)28-23(30)34)31(13-14(2)3)17(26-21)9-10-18(32)25-16-8-6-7-15(12-16)20-27-24(35)36-29-20/h6-8,12,14H,4-5,9-11,13H2,1-3H3,(H,25,32)(H,27,29,35)(H,28,33,34). The highest BCUT2D eigenvalue weighted by molar-refractivity contribution is 5.91. The first-order chi connectivity index (χ1) is 17.3. The maximum Gasteiger partial charge on any atom is 0.439 e. The second-order valence-corrected chi connectivity index (χ2v) is 9.04. The van der Waals surface area contributed by atoms with Gasteiger partial charge in [-0.3, -0.25) is 28.6 Å². The third-order valence-electron chi connectivity index (χ3n) is 5.68. The van der Waals surface area contributed by atoms with Crippen LogP contribution in [0.1, 0.15) is 45.9 Å². The zero-order valence-corrected chi connectivity index (χ0v) is 20.5. The highest BCUT2D eigenvalue weighted by Crippen LogP contribution is 2.20. The van der Waals surface area contributed by atoms with E-state index in [1.54, 1.807) is 24.3 Å². The molecule has 4 aromatic rings. The maximum absolute atomic E-state index is 12.8. The lowest BCUT2D eigenvalue weighted by atomic mass is 10.2. The number of hydrogen-bond donors (Lipinski definition) is 3. The average molecular weight is 496 g/mol. The van der Waals surface area contributed by atoms with Gasteiger partial charge in [0.05, 0.1) is 0 Å². The van der Waals surface area contributed by atoms with Gasteiger partial charge in [0.2, 0.25) is 5.91 Å². The van der Waals surface area contributed by atoms with Gasteiger partial charge in [-0.25, -0.2) is 14.6 Å². The average Bonchev–Trinajstić information content (AvgIpc) is 3.41. The third kappa shape index (κ3) is 5.37. The van der Waals surface area contributed by atoms with E-state index in [1.807, 2.05) is 25.3 Å². The minimum absolute atomic E-state index is 0.115. The number of carbonyl (C=O) groups excluding carboxylic acids is 1. The number of aromatic nitrogens is 6. The van der Waals surface area contributed by atoms with Crippen LogP contribution in [-0.4, -0.2) is 35.1 Å². The Morgan fingerprint density at radius 2 is 1.97 bits per heavy atom. The first-order valence-electron chi connectivity index (χ1n) is 11.9. The maximum atomic E-state index is 12.8. The highest BCUT2D eigenvalue weighted by Gasteiger charge is 2.20. The van der Waals surface area contributed by atoms with E-state index in [-0.39, 0.29) is 30.5 Å². The summed E-state index contributed by atoms with van der Waals surface area (Å²) in [6.45, 7) is 7.06. The molecule has 0 saturated heterocycles. The number of nitrogens with zero attached hydrogens (tertiary/aromatic N) is 4. The van der Waals surface area contributed by atoms with Crippen LogP contribution in [0.4, 0.5) is 5.69 Å². The largest absolute Gasteiger partial charge is 0.439 e.